The van der Waals surface area contributed by atoms with Crippen molar-refractivity contribution in [2.45, 2.75) is 5.51 Å². The lowest BCUT2D eigenvalue weighted by Crippen LogP contribution is -2.28. The number of benzene rings is 4. The van der Waals surface area contributed by atoms with Gasteiger partial charge < -0.3 is 4.18 Å². The van der Waals surface area contributed by atoms with Gasteiger partial charge in [0, 0.05) is 5.56 Å². The molecule has 0 radical (unpaired) electrons. The lowest BCUT2D eigenvalue weighted by Gasteiger charge is -2.15. The third-order valence-corrected chi connectivity index (χ3v) is 5.47. The van der Waals surface area contributed by atoms with Gasteiger partial charge in [-0.15, -0.1) is 0 Å². The van der Waals surface area contributed by atoms with Crippen molar-refractivity contribution in [2.75, 3.05) is 0 Å². The number of hydrogen-bond acceptors (Lipinski definition) is 3. The predicted molar refractivity (Wildman–Crippen MR) is 102 cm³/mol. The van der Waals surface area contributed by atoms with E-state index in [4.69, 9.17) is 0 Å². The van der Waals surface area contributed by atoms with E-state index in [1.807, 2.05) is 36.4 Å². The first-order valence-corrected chi connectivity index (χ1v) is 9.79. The Hall–Kier alpha value is -3.13. The van der Waals surface area contributed by atoms with Crippen LogP contribution in [0.2, 0.25) is 0 Å². The summed E-state index contributed by atoms with van der Waals surface area (Å²) in [5, 5.41) is 3.25. The lowest BCUT2D eigenvalue weighted by atomic mass is 9.94. The Morgan fingerprint density at radius 3 is 2.21 bits per heavy atom. The molecule has 4 aromatic carbocycles. The summed E-state index contributed by atoms with van der Waals surface area (Å²) in [6, 6.07) is 18.8. The number of halogens is 4. The Morgan fingerprint density at radius 1 is 0.724 bits per heavy atom. The zero-order chi connectivity index (χ0) is 20.8. The second kappa shape index (κ2) is 6.73. The van der Waals surface area contributed by atoms with E-state index >= 15 is 0 Å². The van der Waals surface area contributed by atoms with Crippen LogP contribution in [0.4, 0.5) is 17.6 Å². The normalized spacial score (nSPS) is 12.4. The van der Waals surface area contributed by atoms with Gasteiger partial charge in [-0.25, -0.2) is 4.39 Å². The van der Waals surface area contributed by atoms with Gasteiger partial charge in [0.25, 0.3) is 0 Å². The van der Waals surface area contributed by atoms with Crippen LogP contribution in [-0.4, -0.2) is 13.9 Å². The quantitative estimate of drug-likeness (QED) is 0.176. The molecule has 4 rings (SSSR count). The molecule has 0 saturated heterocycles. The summed E-state index contributed by atoms with van der Waals surface area (Å²) in [7, 11) is -5.90. The summed E-state index contributed by atoms with van der Waals surface area (Å²) in [6.07, 6.45) is 0. The molecule has 0 heterocycles. The molecule has 0 fully saturated rings. The molecule has 0 N–H and O–H groups in total. The molecule has 0 aliphatic heterocycles. The summed E-state index contributed by atoms with van der Waals surface area (Å²) in [4.78, 5) is 0. The van der Waals surface area contributed by atoms with E-state index in [-0.39, 0.29) is 5.56 Å². The van der Waals surface area contributed by atoms with Gasteiger partial charge in [-0.1, -0.05) is 54.6 Å². The van der Waals surface area contributed by atoms with Crippen molar-refractivity contribution in [1.82, 2.24) is 0 Å². The van der Waals surface area contributed by atoms with Crippen molar-refractivity contribution in [1.29, 1.82) is 0 Å². The fourth-order valence-corrected chi connectivity index (χ4v) is 3.70. The molecule has 4 aromatic rings. The third kappa shape index (κ3) is 3.40. The summed E-state index contributed by atoms with van der Waals surface area (Å²) in [5.41, 5.74) is -5.35. The minimum Gasteiger partial charge on any atom is -0.375 e. The molecule has 0 atom stereocenters. The maximum atomic E-state index is 13.9. The van der Waals surface area contributed by atoms with Crippen LogP contribution in [0, 0.1) is 5.82 Å². The lowest BCUT2D eigenvalue weighted by molar-refractivity contribution is -0.0499. The van der Waals surface area contributed by atoms with Gasteiger partial charge in [-0.2, -0.15) is 21.6 Å². The first-order chi connectivity index (χ1) is 13.7. The molecule has 3 nitrogen and oxygen atoms in total. The molecule has 0 aliphatic rings. The summed E-state index contributed by atoms with van der Waals surface area (Å²) in [6.45, 7) is 0. The Kier molecular flexibility index (Phi) is 4.46. The maximum absolute atomic E-state index is 13.9. The molecule has 0 saturated carbocycles. The van der Waals surface area contributed by atoms with E-state index in [1.165, 1.54) is 0 Å². The van der Waals surface area contributed by atoms with Crippen LogP contribution in [0.5, 0.6) is 5.75 Å². The number of rotatable bonds is 3. The zero-order valence-corrected chi connectivity index (χ0v) is 15.4. The second-order valence-corrected chi connectivity index (χ2v) is 7.85. The van der Waals surface area contributed by atoms with E-state index in [9.17, 15) is 26.0 Å². The van der Waals surface area contributed by atoms with Crippen LogP contribution in [0.15, 0.2) is 72.8 Å². The van der Waals surface area contributed by atoms with Gasteiger partial charge in [0.2, 0.25) is 0 Å². The van der Waals surface area contributed by atoms with E-state index < -0.39 is 27.2 Å². The first-order valence-electron chi connectivity index (χ1n) is 8.38. The van der Waals surface area contributed by atoms with Crippen molar-refractivity contribution in [3.05, 3.63) is 78.6 Å². The average molecular weight is 420 g/mol. The monoisotopic (exact) mass is 420 g/mol. The number of fused-ring (bicyclic) bond motifs is 3. The molecular formula is C21H12F4O3S. The van der Waals surface area contributed by atoms with Crippen molar-refractivity contribution in [3.8, 4) is 16.9 Å². The van der Waals surface area contributed by atoms with Gasteiger partial charge >= 0.3 is 15.6 Å². The van der Waals surface area contributed by atoms with E-state index in [0.717, 1.165) is 34.4 Å². The minimum absolute atomic E-state index is 0.0984. The Labute approximate surface area is 163 Å². The zero-order valence-electron chi connectivity index (χ0n) is 14.6. The van der Waals surface area contributed by atoms with E-state index in [0.29, 0.717) is 10.9 Å². The van der Waals surface area contributed by atoms with E-state index in [1.54, 1.807) is 18.2 Å². The molecule has 0 amide bonds. The largest absolute Gasteiger partial charge is 0.534 e. The van der Waals surface area contributed by atoms with Crippen LogP contribution in [0.1, 0.15) is 0 Å². The van der Waals surface area contributed by atoms with Crippen molar-refractivity contribution < 1.29 is 30.2 Å². The standard InChI is InChI=1S/C21H12F4O3S/c22-14-9-11-20(28-29(26,27)21(23,24)25)19(12-14)17-7-3-6-16-15-5-2-1-4-13(15)8-10-18(16)17/h1-12H. The Bertz CT molecular complexity index is 1350. The molecule has 0 aliphatic carbocycles. The van der Waals surface area contributed by atoms with Gasteiger partial charge in [0.05, 0.1) is 0 Å². The number of hydrogen-bond donors (Lipinski definition) is 0. The van der Waals surface area contributed by atoms with Gasteiger partial charge in [0.1, 0.15) is 5.82 Å². The van der Waals surface area contributed by atoms with Gasteiger partial charge in [-0.05, 0) is 45.3 Å². The third-order valence-electron chi connectivity index (χ3n) is 4.50. The molecule has 148 valence electrons. The van der Waals surface area contributed by atoms with Crippen LogP contribution in [-0.2, 0) is 10.1 Å². The highest BCUT2D eigenvalue weighted by molar-refractivity contribution is 7.88. The highest BCUT2D eigenvalue weighted by atomic mass is 32.2. The molecule has 8 heteroatoms. The van der Waals surface area contributed by atoms with E-state index in [2.05, 4.69) is 4.18 Å². The maximum Gasteiger partial charge on any atom is 0.534 e. The highest BCUT2D eigenvalue weighted by Crippen LogP contribution is 2.39. The molecule has 0 spiro atoms. The Morgan fingerprint density at radius 2 is 1.45 bits per heavy atom. The van der Waals surface area contributed by atoms with Crippen LogP contribution in [0.25, 0.3) is 32.7 Å². The molecule has 0 bridgehead atoms. The molecule has 0 aromatic heterocycles. The van der Waals surface area contributed by atoms with Crippen molar-refractivity contribution in [3.63, 3.8) is 0 Å². The molecular weight excluding hydrogens is 408 g/mol. The van der Waals surface area contributed by atoms with Crippen molar-refractivity contribution in [2.24, 2.45) is 0 Å². The SMILES string of the molecule is O=S(=O)(Oc1ccc(F)cc1-c1cccc2c1ccc1ccccc12)C(F)(F)F. The minimum atomic E-state index is -5.90. The average Bonchev–Trinajstić information content (AvgIpc) is 2.68. The van der Waals surface area contributed by atoms with Gasteiger partial charge in [0.15, 0.2) is 5.75 Å². The van der Waals surface area contributed by atoms with Crippen LogP contribution in [0.3, 0.4) is 0 Å². The van der Waals surface area contributed by atoms with Gasteiger partial charge in [-0.3, -0.25) is 0 Å². The Balaban J connectivity index is 1.97. The molecule has 0 unspecified atom stereocenters. The second-order valence-electron chi connectivity index (χ2n) is 6.31. The first kappa shape index (κ1) is 19.2. The topological polar surface area (TPSA) is 43.4 Å². The fourth-order valence-electron chi connectivity index (χ4n) is 3.23. The fraction of sp³-hybridized carbons (Fsp3) is 0.0476. The highest BCUT2D eigenvalue weighted by Gasteiger charge is 2.48. The number of alkyl halides is 3. The van der Waals surface area contributed by atoms with Crippen molar-refractivity contribution >= 4 is 31.7 Å². The van der Waals surface area contributed by atoms with Crippen LogP contribution < -0.4 is 4.18 Å². The predicted octanol–water partition coefficient (Wildman–Crippen LogP) is 6.03. The molecule has 29 heavy (non-hydrogen) atoms. The summed E-state index contributed by atoms with van der Waals surface area (Å²) < 4.78 is 79.5. The van der Waals surface area contributed by atoms with Crippen LogP contribution >= 0.6 is 0 Å². The smallest absolute Gasteiger partial charge is 0.375 e. The summed E-state index contributed by atoms with van der Waals surface area (Å²) in [5.74, 6) is -1.35. The summed E-state index contributed by atoms with van der Waals surface area (Å²) >= 11 is 0.